The summed E-state index contributed by atoms with van der Waals surface area (Å²) in [5.41, 5.74) is 5.69. The van der Waals surface area contributed by atoms with Crippen molar-refractivity contribution in [2.45, 2.75) is 38.8 Å². The molecule has 3 N–H and O–H groups in total. The minimum atomic E-state index is 0.483. The highest BCUT2D eigenvalue weighted by molar-refractivity contribution is 7.09. The Morgan fingerprint density at radius 3 is 3.00 bits per heavy atom. The number of nitrogens with two attached hydrogens (primary N) is 1. The van der Waals surface area contributed by atoms with E-state index in [0.29, 0.717) is 6.04 Å². The molecule has 0 spiro atoms. The molecule has 1 aromatic rings. The molecule has 0 bridgehead atoms. The van der Waals surface area contributed by atoms with Gasteiger partial charge in [-0.05, 0) is 17.9 Å². The van der Waals surface area contributed by atoms with Crippen LogP contribution in [0.5, 0.6) is 0 Å². The molecule has 0 aliphatic carbocycles. The van der Waals surface area contributed by atoms with Crippen molar-refractivity contribution in [1.29, 1.82) is 0 Å². The molecular weight excluding hydrogens is 192 g/mol. The minimum absolute atomic E-state index is 0.483. The highest BCUT2D eigenvalue weighted by atomic mass is 32.1. The summed E-state index contributed by atoms with van der Waals surface area (Å²) in [5, 5.41) is 5.60. The normalized spacial score (nSPS) is 13.0. The Hall–Kier alpha value is -0.380. The van der Waals surface area contributed by atoms with Crippen LogP contribution in [-0.4, -0.2) is 12.6 Å². The SMILES string of the molecule is CCCCC(CN)NCc1cccs1. The van der Waals surface area contributed by atoms with Crippen LogP contribution in [0.4, 0.5) is 0 Å². The molecule has 0 aromatic carbocycles. The molecule has 0 aliphatic rings. The number of thiophene rings is 1. The third-order valence-corrected chi connectivity index (χ3v) is 3.21. The Bertz CT molecular complexity index is 221. The van der Waals surface area contributed by atoms with Crippen molar-refractivity contribution in [3.05, 3.63) is 22.4 Å². The molecule has 0 aliphatic heterocycles. The first-order valence-corrected chi connectivity index (χ1v) is 6.20. The van der Waals surface area contributed by atoms with Crippen molar-refractivity contribution in [3.8, 4) is 0 Å². The van der Waals surface area contributed by atoms with E-state index in [1.54, 1.807) is 11.3 Å². The van der Waals surface area contributed by atoms with Crippen molar-refractivity contribution in [2.75, 3.05) is 6.54 Å². The van der Waals surface area contributed by atoms with Crippen LogP contribution in [0.3, 0.4) is 0 Å². The van der Waals surface area contributed by atoms with Gasteiger partial charge in [-0.15, -0.1) is 11.3 Å². The molecule has 0 saturated carbocycles. The monoisotopic (exact) mass is 212 g/mol. The predicted octanol–water partition coefficient (Wildman–Crippen LogP) is 2.36. The molecule has 0 amide bonds. The fraction of sp³-hybridized carbons (Fsp3) is 0.636. The van der Waals surface area contributed by atoms with Crippen molar-refractivity contribution in [2.24, 2.45) is 5.73 Å². The largest absolute Gasteiger partial charge is 0.329 e. The van der Waals surface area contributed by atoms with E-state index in [1.165, 1.54) is 24.1 Å². The van der Waals surface area contributed by atoms with Gasteiger partial charge in [0.05, 0.1) is 0 Å². The van der Waals surface area contributed by atoms with Gasteiger partial charge in [-0.3, -0.25) is 0 Å². The first-order chi connectivity index (χ1) is 6.86. The van der Waals surface area contributed by atoms with Gasteiger partial charge in [-0.25, -0.2) is 0 Å². The third kappa shape index (κ3) is 4.22. The maximum absolute atomic E-state index is 5.69. The lowest BCUT2D eigenvalue weighted by atomic mass is 10.1. The molecular formula is C11H20N2S. The van der Waals surface area contributed by atoms with Gasteiger partial charge in [0.1, 0.15) is 0 Å². The van der Waals surface area contributed by atoms with E-state index in [-0.39, 0.29) is 0 Å². The van der Waals surface area contributed by atoms with Gasteiger partial charge in [-0.2, -0.15) is 0 Å². The van der Waals surface area contributed by atoms with E-state index in [4.69, 9.17) is 5.73 Å². The van der Waals surface area contributed by atoms with Crippen molar-refractivity contribution in [3.63, 3.8) is 0 Å². The van der Waals surface area contributed by atoms with Gasteiger partial charge < -0.3 is 11.1 Å². The standard InChI is InChI=1S/C11H20N2S/c1-2-3-5-10(8-12)13-9-11-6-4-7-14-11/h4,6-7,10,13H,2-3,5,8-9,12H2,1H3. The zero-order valence-corrected chi connectivity index (χ0v) is 9.65. The number of rotatable bonds is 7. The Labute approximate surface area is 90.5 Å². The van der Waals surface area contributed by atoms with Gasteiger partial charge in [0.2, 0.25) is 0 Å². The summed E-state index contributed by atoms with van der Waals surface area (Å²) in [6, 6.07) is 4.73. The number of hydrogen-bond donors (Lipinski definition) is 2. The number of hydrogen-bond acceptors (Lipinski definition) is 3. The van der Waals surface area contributed by atoms with Gasteiger partial charge in [0.25, 0.3) is 0 Å². The minimum Gasteiger partial charge on any atom is -0.329 e. The van der Waals surface area contributed by atoms with E-state index < -0.39 is 0 Å². The van der Waals surface area contributed by atoms with Crippen LogP contribution in [0.25, 0.3) is 0 Å². The van der Waals surface area contributed by atoms with E-state index in [0.717, 1.165) is 13.1 Å². The van der Waals surface area contributed by atoms with Crippen LogP contribution in [0.15, 0.2) is 17.5 Å². The van der Waals surface area contributed by atoms with Crippen molar-refractivity contribution >= 4 is 11.3 Å². The lowest BCUT2D eigenvalue weighted by Gasteiger charge is -2.15. The Morgan fingerprint density at radius 1 is 1.57 bits per heavy atom. The third-order valence-electron chi connectivity index (χ3n) is 2.34. The summed E-state index contributed by atoms with van der Waals surface area (Å²) in [7, 11) is 0. The maximum atomic E-state index is 5.69. The second-order valence-corrected chi connectivity index (χ2v) is 4.57. The maximum Gasteiger partial charge on any atom is 0.0302 e. The average molecular weight is 212 g/mol. The van der Waals surface area contributed by atoms with E-state index in [1.807, 2.05) is 0 Å². The van der Waals surface area contributed by atoms with Gasteiger partial charge >= 0.3 is 0 Å². The lowest BCUT2D eigenvalue weighted by Crippen LogP contribution is -2.35. The average Bonchev–Trinajstić information content (AvgIpc) is 2.71. The van der Waals surface area contributed by atoms with Crippen molar-refractivity contribution in [1.82, 2.24) is 5.32 Å². The molecule has 2 nitrogen and oxygen atoms in total. The number of nitrogens with one attached hydrogen (secondary N) is 1. The van der Waals surface area contributed by atoms with Crippen LogP contribution in [0, 0.1) is 0 Å². The zero-order chi connectivity index (χ0) is 10.2. The van der Waals surface area contributed by atoms with Crippen LogP contribution in [-0.2, 0) is 6.54 Å². The quantitative estimate of drug-likeness (QED) is 0.728. The summed E-state index contributed by atoms with van der Waals surface area (Å²) in [6.07, 6.45) is 3.70. The molecule has 1 atom stereocenters. The molecule has 3 heteroatoms. The van der Waals surface area contributed by atoms with Gasteiger partial charge in [0.15, 0.2) is 0 Å². The lowest BCUT2D eigenvalue weighted by molar-refractivity contribution is 0.472. The van der Waals surface area contributed by atoms with Crippen molar-refractivity contribution < 1.29 is 0 Å². The Balaban J connectivity index is 2.20. The number of unbranched alkanes of at least 4 members (excludes halogenated alkanes) is 1. The Kier molecular flexibility index (Phi) is 5.83. The molecule has 0 fully saturated rings. The van der Waals surface area contributed by atoms with E-state index in [2.05, 4.69) is 29.8 Å². The second kappa shape index (κ2) is 6.98. The fourth-order valence-corrected chi connectivity index (χ4v) is 2.07. The molecule has 1 unspecified atom stereocenters. The Morgan fingerprint density at radius 2 is 2.43 bits per heavy atom. The summed E-state index contributed by atoms with van der Waals surface area (Å²) in [4.78, 5) is 1.39. The van der Waals surface area contributed by atoms with Gasteiger partial charge in [-0.1, -0.05) is 25.8 Å². The summed E-state index contributed by atoms with van der Waals surface area (Å²) < 4.78 is 0. The zero-order valence-electron chi connectivity index (χ0n) is 8.83. The summed E-state index contributed by atoms with van der Waals surface area (Å²) >= 11 is 1.80. The van der Waals surface area contributed by atoms with Crippen LogP contribution in [0.1, 0.15) is 31.1 Å². The molecule has 1 heterocycles. The highest BCUT2D eigenvalue weighted by Crippen LogP contribution is 2.08. The first kappa shape index (κ1) is 11.7. The molecule has 80 valence electrons. The molecule has 1 rings (SSSR count). The first-order valence-electron chi connectivity index (χ1n) is 5.32. The smallest absolute Gasteiger partial charge is 0.0302 e. The van der Waals surface area contributed by atoms with Crippen LogP contribution < -0.4 is 11.1 Å². The summed E-state index contributed by atoms with van der Waals surface area (Å²) in [6.45, 7) is 3.92. The summed E-state index contributed by atoms with van der Waals surface area (Å²) in [5.74, 6) is 0. The second-order valence-electron chi connectivity index (χ2n) is 3.54. The van der Waals surface area contributed by atoms with Gasteiger partial charge in [0, 0.05) is 24.0 Å². The molecule has 14 heavy (non-hydrogen) atoms. The highest BCUT2D eigenvalue weighted by Gasteiger charge is 2.04. The molecule has 1 aromatic heterocycles. The van der Waals surface area contributed by atoms with Crippen LogP contribution in [0.2, 0.25) is 0 Å². The van der Waals surface area contributed by atoms with E-state index in [9.17, 15) is 0 Å². The molecule has 0 saturated heterocycles. The topological polar surface area (TPSA) is 38.0 Å². The molecule has 0 radical (unpaired) electrons. The van der Waals surface area contributed by atoms with E-state index >= 15 is 0 Å². The van der Waals surface area contributed by atoms with Crippen LogP contribution >= 0.6 is 11.3 Å². The fourth-order valence-electron chi connectivity index (χ4n) is 1.41. The predicted molar refractivity (Wildman–Crippen MR) is 63.5 cm³/mol.